The third-order valence-electron chi connectivity index (χ3n) is 2.38. The molecule has 0 aliphatic heterocycles. The number of nitrogens with zero attached hydrogens (tertiary/aromatic N) is 3. The fourth-order valence-electron chi connectivity index (χ4n) is 1.55. The van der Waals surface area contributed by atoms with Crippen molar-refractivity contribution in [2.75, 3.05) is 13.7 Å². The van der Waals surface area contributed by atoms with E-state index in [0.717, 1.165) is 31.0 Å². The molecule has 5 heteroatoms. The average molecular weight is 212 g/mol. The highest BCUT2D eigenvalue weighted by Gasteiger charge is 2.15. The lowest BCUT2D eigenvalue weighted by molar-refractivity contribution is 0.186. The Bertz CT molecular complexity index is 298. The molecule has 1 unspecified atom stereocenters. The molecule has 0 aliphatic rings. The van der Waals surface area contributed by atoms with Crippen molar-refractivity contribution >= 4 is 0 Å². The molecule has 86 valence electrons. The van der Waals surface area contributed by atoms with E-state index in [4.69, 9.17) is 10.5 Å². The zero-order valence-electron chi connectivity index (χ0n) is 9.73. The predicted octanol–water partition coefficient (Wildman–Crippen LogP) is 1.03. The minimum absolute atomic E-state index is 0.0855. The van der Waals surface area contributed by atoms with Crippen molar-refractivity contribution in [3.8, 4) is 0 Å². The van der Waals surface area contributed by atoms with E-state index in [1.807, 2.05) is 6.92 Å². The number of ether oxygens (including phenoxy) is 1. The summed E-state index contributed by atoms with van der Waals surface area (Å²) in [5.74, 6) is 1.80. The van der Waals surface area contributed by atoms with E-state index < -0.39 is 0 Å². The second-order valence-corrected chi connectivity index (χ2v) is 3.65. The molecule has 1 rings (SSSR count). The van der Waals surface area contributed by atoms with Crippen molar-refractivity contribution < 1.29 is 4.74 Å². The Balaban J connectivity index is 2.74. The molecule has 0 spiro atoms. The van der Waals surface area contributed by atoms with E-state index in [1.54, 1.807) is 7.11 Å². The second-order valence-electron chi connectivity index (χ2n) is 3.65. The number of hydrogen-bond donors (Lipinski definition) is 1. The van der Waals surface area contributed by atoms with Crippen LogP contribution in [0.15, 0.2) is 0 Å². The van der Waals surface area contributed by atoms with Gasteiger partial charge in [-0.2, -0.15) is 0 Å². The van der Waals surface area contributed by atoms with Crippen LogP contribution in [0.25, 0.3) is 0 Å². The van der Waals surface area contributed by atoms with Crippen molar-refractivity contribution in [2.45, 2.75) is 39.3 Å². The molecule has 0 fully saturated rings. The van der Waals surface area contributed by atoms with Crippen LogP contribution in [-0.4, -0.2) is 28.5 Å². The molecule has 0 saturated heterocycles. The van der Waals surface area contributed by atoms with Gasteiger partial charge in [0.05, 0.1) is 6.04 Å². The van der Waals surface area contributed by atoms with Crippen molar-refractivity contribution in [2.24, 2.45) is 5.73 Å². The molecule has 0 radical (unpaired) electrons. The Labute approximate surface area is 90.6 Å². The maximum atomic E-state index is 6.02. The van der Waals surface area contributed by atoms with Crippen LogP contribution in [0.4, 0.5) is 0 Å². The van der Waals surface area contributed by atoms with Crippen LogP contribution in [-0.2, 0) is 11.3 Å². The van der Waals surface area contributed by atoms with Crippen LogP contribution in [0.5, 0.6) is 0 Å². The molecule has 0 aromatic carbocycles. The molecule has 1 aromatic heterocycles. The van der Waals surface area contributed by atoms with Gasteiger partial charge in [0.1, 0.15) is 11.6 Å². The molecule has 1 aromatic rings. The Morgan fingerprint density at radius 2 is 2.20 bits per heavy atom. The van der Waals surface area contributed by atoms with Crippen molar-refractivity contribution in [1.29, 1.82) is 0 Å². The van der Waals surface area contributed by atoms with Gasteiger partial charge in [0.15, 0.2) is 0 Å². The normalized spacial score (nSPS) is 13.1. The Kier molecular flexibility index (Phi) is 4.71. The van der Waals surface area contributed by atoms with E-state index in [9.17, 15) is 0 Å². The molecule has 0 bridgehead atoms. The average Bonchev–Trinajstić information content (AvgIpc) is 2.58. The largest absolute Gasteiger partial charge is 0.385 e. The van der Waals surface area contributed by atoms with Crippen LogP contribution >= 0.6 is 0 Å². The number of aryl methyl sites for hydroxylation is 1. The van der Waals surface area contributed by atoms with Gasteiger partial charge in [0.2, 0.25) is 0 Å². The minimum atomic E-state index is -0.0855. The Morgan fingerprint density at radius 1 is 1.47 bits per heavy atom. The first kappa shape index (κ1) is 12.1. The van der Waals surface area contributed by atoms with E-state index in [-0.39, 0.29) is 6.04 Å². The van der Waals surface area contributed by atoms with Gasteiger partial charge < -0.3 is 15.0 Å². The van der Waals surface area contributed by atoms with Gasteiger partial charge in [-0.1, -0.05) is 6.92 Å². The third-order valence-corrected chi connectivity index (χ3v) is 2.38. The molecule has 5 nitrogen and oxygen atoms in total. The fraction of sp³-hybridized carbons (Fsp3) is 0.800. The minimum Gasteiger partial charge on any atom is -0.385 e. The molecule has 1 heterocycles. The van der Waals surface area contributed by atoms with E-state index >= 15 is 0 Å². The van der Waals surface area contributed by atoms with E-state index in [0.29, 0.717) is 6.61 Å². The number of nitrogens with two attached hydrogens (primary N) is 1. The lowest BCUT2D eigenvalue weighted by Gasteiger charge is -2.12. The molecule has 0 saturated carbocycles. The zero-order chi connectivity index (χ0) is 11.3. The molecule has 0 aliphatic carbocycles. The topological polar surface area (TPSA) is 66.0 Å². The smallest absolute Gasteiger partial charge is 0.150 e. The lowest BCUT2D eigenvalue weighted by atomic mass is 10.2. The van der Waals surface area contributed by atoms with Gasteiger partial charge in [-0.05, 0) is 19.8 Å². The summed E-state index contributed by atoms with van der Waals surface area (Å²) in [6.07, 6.45) is 1.83. The van der Waals surface area contributed by atoms with Gasteiger partial charge in [-0.25, -0.2) is 0 Å². The van der Waals surface area contributed by atoms with Crippen LogP contribution in [0.3, 0.4) is 0 Å². The zero-order valence-corrected chi connectivity index (χ0v) is 9.73. The van der Waals surface area contributed by atoms with Crippen LogP contribution in [0.2, 0.25) is 0 Å². The first-order valence-corrected chi connectivity index (χ1v) is 5.34. The highest BCUT2D eigenvalue weighted by Crippen LogP contribution is 2.13. The molecule has 1 atom stereocenters. The van der Waals surface area contributed by atoms with Crippen LogP contribution in [0, 0.1) is 6.92 Å². The quantitative estimate of drug-likeness (QED) is 0.765. The summed E-state index contributed by atoms with van der Waals surface area (Å²) in [6, 6.07) is -0.0855. The molecule has 15 heavy (non-hydrogen) atoms. The first-order chi connectivity index (χ1) is 7.20. The maximum Gasteiger partial charge on any atom is 0.150 e. The maximum absolute atomic E-state index is 6.02. The van der Waals surface area contributed by atoms with Gasteiger partial charge in [0, 0.05) is 20.3 Å². The standard InChI is InChI=1S/C10H20N4O/c1-4-6-14-8(2)12-13-10(14)9(11)5-7-15-3/h9H,4-7,11H2,1-3H3. The SMILES string of the molecule is CCCn1c(C)nnc1C(N)CCOC. The Hall–Kier alpha value is -0.940. The fourth-order valence-corrected chi connectivity index (χ4v) is 1.55. The number of methoxy groups -OCH3 is 1. The number of hydrogen-bond acceptors (Lipinski definition) is 4. The van der Waals surface area contributed by atoms with Gasteiger partial charge in [-0.15, -0.1) is 10.2 Å². The number of rotatable bonds is 6. The lowest BCUT2D eigenvalue weighted by Crippen LogP contribution is -2.19. The highest BCUT2D eigenvalue weighted by atomic mass is 16.5. The van der Waals surface area contributed by atoms with Gasteiger partial charge in [0.25, 0.3) is 0 Å². The van der Waals surface area contributed by atoms with Crippen LogP contribution < -0.4 is 5.73 Å². The molecule has 2 N–H and O–H groups in total. The van der Waals surface area contributed by atoms with Gasteiger partial charge >= 0.3 is 0 Å². The van der Waals surface area contributed by atoms with Crippen molar-refractivity contribution in [3.63, 3.8) is 0 Å². The first-order valence-electron chi connectivity index (χ1n) is 5.34. The highest BCUT2D eigenvalue weighted by molar-refractivity contribution is 4.99. The summed E-state index contributed by atoms with van der Waals surface area (Å²) in [5.41, 5.74) is 6.02. The van der Waals surface area contributed by atoms with E-state index in [2.05, 4.69) is 21.7 Å². The van der Waals surface area contributed by atoms with Crippen LogP contribution in [0.1, 0.15) is 37.5 Å². The summed E-state index contributed by atoms with van der Waals surface area (Å²) in [4.78, 5) is 0. The Morgan fingerprint density at radius 3 is 2.80 bits per heavy atom. The second kappa shape index (κ2) is 5.82. The molecule has 0 amide bonds. The molecular formula is C10H20N4O. The summed E-state index contributed by atoms with van der Waals surface area (Å²) >= 11 is 0. The number of aromatic nitrogens is 3. The van der Waals surface area contributed by atoms with E-state index in [1.165, 1.54) is 0 Å². The van der Waals surface area contributed by atoms with Gasteiger partial charge in [-0.3, -0.25) is 0 Å². The van der Waals surface area contributed by atoms with Crippen molar-refractivity contribution in [3.05, 3.63) is 11.6 Å². The summed E-state index contributed by atoms with van der Waals surface area (Å²) in [5, 5.41) is 8.18. The summed E-state index contributed by atoms with van der Waals surface area (Å²) in [6.45, 7) is 5.66. The summed E-state index contributed by atoms with van der Waals surface area (Å²) in [7, 11) is 1.68. The monoisotopic (exact) mass is 212 g/mol. The molecular weight excluding hydrogens is 192 g/mol. The third kappa shape index (κ3) is 3.00. The predicted molar refractivity (Wildman–Crippen MR) is 58.5 cm³/mol. The van der Waals surface area contributed by atoms with Crippen molar-refractivity contribution in [1.82, 2.24) is 14.8 Å². The summed E-state index contributed by atoms with van der Waals surface area (Å²) < 4.78 is 7.09.